The fourth-order valence-corrected chi connectivity index (χ4v) is 5.95. The molecule has 206 valence electrons. The van der Waals surface area contributed by atoms with E-state index in [9.17, 15) is 14.7 Å². The van der Waals surface area contributed by atoms with Gasteiger partial charge in [-0.2, -0.15) is 0 Å². The number of aromatic nitrogens is 3. The zero-order valence-corrected chi connectivity index (χ0v) is 24.1. The summed E-state index contributed by atoms with van der Waals surface area (Å²) >= 11 is 1.41. The number of anilines is 2. The summed E-state index contributed by atoms with van der Waals surface area (Å²) in [5.74, 6) is -0.257. The average Bonchev–Trinajstić information content (AvgIpc) is 3.39. The zero-order valence-electron chi connectivity index (χ0n) is 23.3. The van der Waals surface area contributed by atoms with Crippen LogP contribution in [0.4, 0.5) is 10.9 Å². The molecule has 4 heterocycles. The van der Waals surface area contributed by atoms with E-state index in [0.29, 0.717) is 54.1 Å². The van der Waals surface area contributed by atoms with Gasteiger partial charge < -0.3 is 21.7 Å². The summed E-state index contributed by atoms with van der Waals surface area (Å²) in [6.07, 6.45) is 2.31. The molecule has 0 saturated carbocycles. The van der Waals surface area contributed by atoms with Gasteiger partial charge in [0, 0.05) is 30.4 Å². The minimum absolute atomic E-state index is 0. The van der Waals surface area contributed by atoms with E-state index in [0.717, 1.165) is 32.5 Å². The van der Waals surface area contributed by atoms with E-state index in [1.165, 1.54) is 11.3 Å². The quantitative estimate of drug-likeness (QED) is 0.226. The molecule has 1 aliphatic rings. The minimum atomic E-state index is -1.12. The van der Waals surface area contributed by atoms with Gasteiger partial charge in [-0.3, -0.25) is 15.1 Å². The summed E-state index contributed by atoms with van der Waals surface area (Å²) < 4.78 is 6.45. The Hall–Kier alpha value is -4.23. The third-order valence-electron chi connectivity index (χ3n) is 7.05. The molecule has 5 aromatic rings. The molecule has 1 amide bonds. The smallest absolute Gasteiger partial charge is 0.525 e. The van der Waals surface area contributed by atoms with Crippen molar-refractivity contribution >= 4 is 44.4 Å². The van der Waals surface area contributed by atoms with Gasteiger partial charge in [0.2, 0.25) is 0 Å². The Bertz CT molecular complexity index is 1770. The molecule has 3 aromatic heterocycles. The SMILES string of the molecule is [CH2-]COc1ccc(-c2ccc(N3CCc4ccnc(C(=O)Nc5nc6ccccc6s5)c4C3)nc2C(=O)O)c(C)c1.[Li+]. The van der Waals surface area contributed by atoms with Gasteiger partial charge in [0.25, 0.3) is 5.91 Å². The van der Waals surface area contributed by atoms with E-state index >= 15 is 0 Å². The summed E-state index contributed by atoms with van der Waals surface area (Å²) in [6.45, 7) is 6.89. The van der Waals surface area contributed by atoms with Gasteiger partial charge in [0.1, 0.15) is 17.3 Å². The molecule has 0 unspecified atom stereocenters. The largest absolute Gasteiger partial charge is 1.00 e. The van der Waals surface area contributed by atoms with Crippen LogP contribution >= 0.6 is 11.3 Å². The molecule has 0 aliphatic carbocycles. The van der Waals surface area contributed by atoms with E-state index in [1.54, 1.807) is 18.3 Å². The van der Waals surface area contributed by atoms with Gasteiger partial charge in [0.05, 0.1) is 10.2 Å². The maximum absolute atomic E-state index is 13.3. The Morgan fingerprint density at radius 3 is 2.64 bits per heavy atom. The standard InChI is InChI=1S/C31H26N5O4S.Li/c1-3-40-20-8-9-21(18(2)16-20)22-10-11-26(34-28(22)30(38)39)36-15-13-19-12-14-32-27(23(19)17-36)29(37)35-31-33-24-6-4-5-7-25(24)41-31;/h4-12,14,16H,1,3,13,15,17H2,2H3,(H,38,39)(H,33,35,37);/q-1;+1. The Morgan fingerprint density at radius 2 is 1.88 bits per heavy atom. The fraction of sp³-hybridized carbons (Fsp3) is 0.161. The molecule has 2 N–H and O–H groups in total. The molecule has 0 fully saturated rings. The molecule has 0 radical (unpaired) electrons. The van der Waals surface area contributed by atoms with Crippen molar-refractivity contribution in [1.29, 1.82) is 0 Å². The number of thiazole rings is 1. The molecule has 11 heteroatoms. The number of aryl methyl sites for hydroxylation is 1. The van der Waals surface area contributed by atoms with Gasteiger partial charge in [-0.05, 0) is 79.1 Å². The molecule has 1 aliphatic heterocycles. The second-order valence-corrected chi connectivity index (χ2v) is 10.6. The number of carbonyl (C=O) groups is 2. The third kappa shape index (κ3) is 5.74. The van der Waals surface area contributed by atoms with Crippen molar-refractivity contribution in [2.75, 3.05) is 23.4 Å². The van der Waals surface area contributed by atoms with Gasteiger partial charge in [0.15, 0.2) is 10.8 Å². The van der Waals surface area contributed by atoms with Crippen molar-refractivity contribution in [2.24, 2.45) is 0 Å². The topological polar surface area (TPSA) is 118 Å². The number of nitrogens with one attached hydrogen (secondary N) is 1. The first-order valence-corrected chi connectivity index (χ1v) is 13.9. The molecule has 6 rings (SSSR count). The number of hydrogen-bond donors (Lipinski definition) is 2. The predicted molar refractivity (Wildman–Crippen MR) is 159 cm³/mol. The van der Waals surface area contributed by atoms with Crippen molar-refractivity contribution in [3.05, 3.63) is 102 Å². The van der Waals surface area contributed by atoms with E-state index in [1.807, 2.05) is 60.4 Å². The first-order valence-electron chi connectivity index (χ1n) is 13.1. The fourth-order valence-electron chi connectivity index (χ4n) is 5.09. The van der Waals surface area contributed by atoms with Crippen LogP contribution in [0.15, 0.2) is 66.9 Å². The maximum atomic E-state index is 13.3. The second kappa shape index (κ2) is 12.3. The molecule has 0 saturated heterocycles. The molecular formula is C31H26LiN5O4S. The van der Waals surface area contributed by atoms with Crippen LogP contribution in [0.5, 0.6) is 5.75 Å². The number of amides is 1. The van der Waals surface area contributed by atoms with Crippen molar-refractivity contribution in [3.8, 4) is 16.9 Å². The monoisotopic (exact) mass is 571 g/mol. The molecule has 0 bridgehead atoms. The number of benzene rings is 2. The van der Waals surface area contributed by atoms with E-state index in [-0.39, 0.29) is 30.5 Å². The van der Waals surface area contributed by atoms with Crippen LogP contribution in [0, 0.1) is 13.8 Å². The summed E-state index contributed by atoms with van der Waals surface area (Å²) in [5, 5.41) is 13.5. The number of hydrogen-bond acceptors (Lipinski definition) is 8. The number of carboxylic acid groups (broad SMARTS) is 1. The Balaban J connectivity index is 0.00000353. The number of carbonyl (C=O) groups excluding carboxylic acids is 1. The zero-order chi connectivity index (χ0) is 28.5. The minimum Gasteiger partial charge on any atom is -0.525 e. The predicted octanol–water partition coefficient (Wildman–Crippen LogP) is 2.79. The van der Waals surface area contributed by atoms with E-state index in [4.69, 9.17) is 4.74 Å². The molecule has 2 aromatic carbocycles. The van der Waals surface area contributed by atoms with Crippen LogP contribution < -0.4 is 33.8 Å². The van der Waals surface area contributed by atoms with Crippen molar-refractivity contribution in [3.63, 3.8) is 0 Å². The number of aromatic carboxylic acids is 1. The number of pyridine rings is 2. The van der Waals surface area contributed by atoms with Crippen molar-refractivity contribution < 1.29 is 38.3 Å². The average molecular weight is 572 g/mol. The third-order valence-corrected chi connectivity index (χ3v) is 8.00. The van der Waals surface area contributed by atoms with Crippen LogP contribution in [-0.4, -0.2) is 45.1 Å². The number of ether oxygens (including phenoxy) is 1. The van der Waals surface area contributed by atoms with Gasteiger partial charge in [-0.15, -0.1) is 0 Å². The Morgan fingerprint density at radius 1 is 1.07 bits per heavy atom. The number of carboxylic acids is 1. The Labute approximate surface area is 258 Å². The van der Waals surface area contributed by atoms with E-state index in [2.05, 4.69) is 27.2 Å². The number of para-hydroxylation sites is 1. The van der Waals surface area contributed by atoms with Crippen LogP contribution in [0.3, 0.4) is 0 Å². The number of rotatable bonds is 7. The van der Waals surface area contributed by atoms with Gasteiger partial charge >= 0.3 is 24.8 Å². The molecular weight excluding hydrogens is 545 g/mol. The van der Waals surface area contributed by atoms with Crippen LogP contribution in [0.1, 0.15) is 37.7 Å². The number of nitrogens with zero attached hydrogens (tertiary/aromatic N) is 4. The van der Waals surface area contributed by atoms with E-state index < -0.39 is 5.97 Å². The van der Waals surface area contributed by atoms with Gasteiger partial charge in [-0.1, -0.05) is 29.5 Å². The molecule has 9 nitrogen and oxygen atoms in total. The van der Waals surface area contributed by atoms with Crippen molar-refractivity contribution in [2.45, 2.75) is 19.9 Å². The normalized spacial score (nSPS) is 12.4. The van der Waals surface area contributed by atoms with Crippen LogP contribution in [0.2, 0.25) is 0 Å². The first kappa shape index (κ1) is 29.3. The molecule has 0 atom stereocenters. The summed E-state index contributed by atoms with van der Waals surface area (Å²) in [5.41, 5.74) is 5.08. The van der Waals surface area contributed by atoms with Crippen molar-refractivity contribution in [1.82, 2.24) is 15.0 Å². The summed E-state index contributed by atoms with van der Waals surface area (Å²) in [7, 11) is 0. The maximum Gasteiger partial charge on any atom is 1.00 e. The summed E-state index contributed by atoms with van der Waals surface area (Å²) in [6, 6.07) is 18.7. The number of fused-ring (bicyclic) bond motifs is 2. The van der Waals surface area contributed by atoms with Gasteiger partial charge in [-0.25, -0.2) is 14.8 Å². The molecule has 42 heavy (non-hydrogen) atoms. The molecule has 0 spiro atoms. The Kier molecular flexibility index (Phi) is 8.59. The van der Waals surface area contributed by atoms with Crippen LogP contribution in [0.25, 0.3) is 21.3 Å². The first-order chi connectivity index (χ1) is 19.9. The summed E-state index contributed by atoms with van der Waals surface area (Å²) in [4.78, 5) is 41.1. The second-order valence-electron chi connectivity index (χ2n) is 9.61. The van der Waals surface area contributed by atoms with Crippen LogP contribution in [-0.2, 0) is 13.0 Å².